The van der Waals surface area contributed by atoms with Crippen LogP contribution in [0.1, 0.15) is 25.3 Å². The summed E-state index contributed by atoms with van der Waals surface area (Å²) in [6.45, 7) is 6.77. The van der Waals surface area contributed by atoms with Gasteiger partial charge in [-0.3, -0.25) is 4.90 Å². The minimum absolute atomic E-state index is 0.472. The van der Waals surface area contributed by atoms with Crippen molar-refractivity contribution in [3.63, 3.8) is 0 Å². The van der Waals surface area contributed by atoms with Crippen LogP contribution in [-0.4, -0.2) is 28.2 Å². The van der Waals surface area contributed by atoms with Gasteiger partial charge in [0.05, 0.1) is 12.6 Å². The number of hydrogen-bond acceptors (Lipinski definition) is 5. The predicted octanol–water partition coefficient (Wildman–Crippen LogP) is 2.56. The van der Waals surface area contributed by atoms with E-state index in [0.717, 1.165) is 24.6 Å². The molecule has 6 heteroatoms. The summed E-state index contributed by atoms with van der Waals surface area (Å²) in [5.41, 5.74) is 0. The molecule has 0 saturated heterocycles. The molecule has 0 atom stereocenters. The highest BCUT2D eigenvalue weighted by Crippen LogP contribution is 2.17. The van der Waals surface area contributed by atoms with Gasteiger partial charge in [-0.1, -0.05) is 25.2 Å². The minimum atomic E-state index is 0.472. The standard InChI is InChI=1S/C10H15ClN4S/c1-8(2)6-15(5-3-4-12)7-9-13-14-10(11)16-9/h8H,3,5-7H2,1-2H3. The average Bonchev–Trinajstić information content (AvgIpc) is 2.59. The molecule has 0 amide bonds. The van der Waals surface area contributed by atoms with Gasteiger partial charge in [0.1, 0.15) is 5.01 Å². The Bertz CT molecular complexity index is 358. The average molecular weight is 259 g/mol. The van der Waals surface area contributed by atoms with Crippen molar-refractivity contribution < 1.29 is 0 Å². The predicted molar refractivity (Wildman–Crippen MR) is 65.3 cm³/mol. The molecule has 0 aliphatic carbocycles. The van der Waals surface area contributed by atoms with Crippen molar-refractivity contribution in [3.05, 3.63) is 9.47 Å². The van der Waals surface area contributed by atoms with Crippen LogP contribution in [-0.2, 0) is 6.54 Å². The number of nitriles is 1. The first kappa shape index (κ1) is 13.4. The van der Waals surface area contributed by atoms with Crippen molar-refractivity contribution in [2.45, 2.75) is 26.8 Å². The van der Waals surface area contributed by atoms with Crippen LogP contribution >= 0.6 is 22.9 Å². The first-order valence-corrected chi connectivity index (χ1v) is 6.38. The highest BCUT2D eigenvalue weighted by Gasteiger charge is 2.11. The summed E-state index contributed by atoms with van der Waals surface area (Å²) in [5, 5.41) is 17.3. The molecule has 0 aliphatic heterocycles. The second kappa shape index (κ2) is 6.79. The highest BCUT2D eigenvalue weighted by atomic mass is 35.5. The monoisotopic (exact) mass is 258 g/mol. The largest absolute Gasteiger partial charge is 0.295 e. The SMILES string of the molecule is CC(C)CN(CCC#N)Cc1nnc(Cl)s1. The lowest BCUT2D eigenvalue weighted by atomic mass is 10.2. The van der Waals surface area contributed by atoms with Crippen molar-refractivity contribution in [2.24, 2.45) is 5.92 Å². The number of rotatable bonds is 6. The van der Waals surface area contributed by atoms with Crippen LogP contribution in [0.25, 0.3) is 0 Å². The Kier molecular flexibility index (Phi) is 5.67. The fourth-order valence-electron chi connectivity index (χ4n) is 1.45. The molecule has 1 aromatic rings. The van der Waals surface area contributed by atoms with Gasteiger partial charge in [0.25, 0.3) is 0 Å². The van der Waals surface area contributed by atoms with E-state index in [-0.39, 0.29) is 0 Å². The van der Waals surface area contributed by atoms with Gasteiger partial charge in [-0.05, 0) is 17.5 Å². The van der Waals surface area contributed by atoms with Crippen LogP contribution in [0.15, 0.2) is 0 Å². The molecule has 0 N–H and O–H groups in total. The fourth-order valence-corrected chi connectivity index (χ4v) is 2.36. The lowest BCUT2D eigenvalue weighted by Crippen LogP contribution is -2.28. The summed E-state index contributed by atoms with van der Waals surface area (Å²) in [7, 11) is 0. The lowest BCUT2D eigenvalue weighted by molar-refractivity contribution is 0.240. The van der Waals surface area contributed by atoms with E-state index >= 15 is 0 Å². The number of aromatic nitrogens is 2. The third-order valence-electron chi connectivity index (χ3n) is 1.96. The summed E-state index contributed by atoms with van der Waals surface area (Å²) in [4.78, 5) is 2.21. The normalized spacial score (nSPS) is 11.0. The zero-order chi connectivity index (χ0) is 12.0. The van der Waals surface area contributed by atoms with E-state index in [1.54, 1.807) is 0 Å². The van der Waals surface area contributed by atoms with Crippen LogP contribution in [0, 0.1) is 17.2 Å². The molecule has 0 aromatic carbocycles. The lowest BCUT2D eigenvalue weighted by Gasteiger charge is -2.21. The molecule has 88 valence electrons. The molecule has 0 aliphatic rings. The zero-order valence-electron chi connectivity index (χ0n) is 9.48. The maximum absolute atomic E-state index is 8.60. The van der Waals surface area contributed by atoms with Crippen molar-refractivity contribution in [1.82, 2.24) is 15.1 Å². The third kappa shape index (κ3) is 4.88. The van der Waals surface area contributed by atoms with Crippen LogP contribution in [0.4, 0.5) is 0 Å². The Morgan fingerprint density at radius 1 is 1.50 bits per heavy atom. The van der Waals surface area contributed by atoms with Gasteiger partial charge >= 0.3 is 0 Å². The van der Waals surface area contributed by atoms with Gasteiger partial charge in [-0.2, -0.15) is 5.26 Å². The van der Waals surface area contributed by atoms with E-state index in [1.807, 2.05) is 0 Å². The fraction of sp³-hybridized carbons (Fsp3) is 0.700. The quantitative estimate of drug-likeness (QED) is 0.787. The van der Waals surface area contributed by atoms with Crippen molar-refractivity contribution in [2.75, 3.05) is 13.1 Å². The Labute approximate surface area is 105 Å². The van der Waals surface area contributed by atoms with E-state index < -0.39 is 0 Å². The van der Waals surface area contributed by atoms with E-state index in [1.165, 1.54) is 11.3 Å². The van der Waals surface area contributed by atoms with Crippen molar-refractivity contribution >= 4 is 22.9 Å². The first-order chi connectivity index (χ1) is 7.61. The van der Waals surface area contributed by atoms with E-state index in [2.05, 4.69) is 35.0 Å². The molecule has 1 heterocycles. The van der Waals surface area contributed by atoms with Crippen LogP contribution in [0.3, 0.4) is 0 Å². The Hall–Kier alpha value is -0.700. The van der Waals surface area contributed by atoms with Crippen molar-refractivity contribution in [1.29, 1.82) is 5.26 Å². The Balaban J connectivity index is 2.52. The van der Waals surface area contributed by atoms with Crippen LogP contribution in [0.2, 0.25) is 4.47 Å². The van der Waals surface area contributed by atoms with E-state index in [0.29, 0.717) is 16.8 Å². The molecule has 0 spiro atoms. The third-order valence-corrected chi connectivity index (χ3v) is 2.97. The Morgan fingerprint density at radius 2 is 2.25 bits per heavy atom. The molecule has 0 unspecified atom stereocenters. The van der Waals surface area contributed by atoms with Gasteiger partial charge in [0.15, 0.2) is 0 Å². The van der Waals surface area contributed by atoms with Gasteiger partial charge in [0, 0.05) is 19.5 Å². The zero-order valence-corrected chi connectivity index (χ0v) is 11.1. The summed E-state index contributed by atoms with van der Waals surface area (Å²) in [6.07, 6.45) is 0.541. The summed E-state index contributed by atoms with van der Waals surface area (Å²) < 4.78 is 0.472. The summed E-state index contributed by atoms with van der Waals surface area (Å²) in [6, 6.07) is 2.16. The topological polar surface area (TPSA) is 52.8 Å². The number of halogens is 1. The minimum Gasteiger partial charge on any atom is -0.295 e. The second-order valence-electron chi connectivity index (χ2n) is 3.99. The smallest absolute Gasteiger partial charge is 0.207 e. The molecule has 0 bridgehead atoms. The van der Waals surface area contributed by atoms with E-state index in [9.17, 15) is 0 Å². The maximum Gasteiger partial charge on any atom is 0.207 e. The first-order valence-electron chi connectivity index (χ1n) is 5.19. The molecule has 1 aromatic heterocycles. The Morgan fingerprint density at radius 3 is 2.75 bits per heavy atom. The second-order valence-corrected chi connectivity index (χ2v) is 5.63. The van der Waals surface area contributed by atoms with Crippen LogP contribution < -0.4 is 0 Å². The van der Waals surface area contributed by atoms with E-state index in [4.69, 9.17) is 16.9 Å². The molecular formula is C10H15ClN4S. The summed E-state index contributed by atoms with van der Waals surface area (Å²) in [5.74, 6) is 0.571. The van der Waals surface area contributed by atoms with Gasteiger partial charge in [-0.15, -0.1) is 10.2 Å². The summed E-state index contributed by atoms with van der Waals surface area (Å²) >= 11 is 7.12. The molecule has 1 rings (SSSR count). The highest BCUT2D eigenvalue weighted by molar-refractivity contribution is 7.15. The molecular weight excluding hydrogens is 244 g/mol. The number of hydrogen-bond donors (Lipinski definition) is 0. The molecule has 16 heavy (non-hydrogen) atoms. The van der Waals surface area contributed by atoms with Crippen LogP contribution in [0.5, 0.6) is 0 Å². The molecule has 0 radical (unpaired) electrons. The van der Waals surface area contributed by atoms with Crippen molar-refractivity contribution in [3.8, 4) is 6.07 Å². The van der Waals surface area contributed by atoms with Gasteiger partial charge in [0.2, 0.25) is 4.47 Å². The molecule has 4 nitrogen and oxygen atoms in total. The molecule has 0 saturated carbocycles. The molecule has 0 fully saturated rings. The number of nitrogens with zero attached hydrogens (tertiary/aromatic N) is 4. The van der Waals surface area contributed by atoms with Gasteiger partial charge in [-0.25, -0.2) is 0 Å². The maximum atomic E-state index is 8.60. The van der Waals surface area contributed by atoms with Gasteiger partial charge < -0.3 is 0 Å².